The van der Waals surface area contributed by atoms with Crippen LogP contribution in [0.3, 0.4) is 0 Å². The highest BCUT2D eigenvalue weighted by atomic mass is 16.5. The van der Waals surface area contributed by atoms with Crippen LogP contribution in [0.5, 0.6) is 0 Å². The molecule has 176 valence electrons. The van der Waals surface area contributed by atoms with E-state index in [9.17, 15) is 9.90 Å². The third kappa shape index (κ3) is 2.99. The Bertz CT molecular complexity index is 843. The maximum atomic E-state index is 11.8. The highest BCUT2D eigenvalue weighted by Gasteiger charge is 2.67. The van der Waals surface area contributed by atoms with Gasteiger partial charge in [0.1, 0.15) is 6.61 Å². The molecule has 0 aromatic rings. The van der Waals surface area contributed by atoms with Gasteiger partial charge in [-0.25, -0.2) is 4.79 Å². The molecule has 0 bridgehead atoms. The number of hydrogen-bond acceptors (Lipinski definition) is 3. The van der Waals surface area contributed by atoms with E-state index < -0.39 is 5.60 Å². The van der Waals surface area contributed by atoms with Gasteiger partial charge in [-0.2, -0.15) is 0 Å². The van der Waals surface area contributed by atoms with Crippen molar-refractivity contribution in [1.82, 2.24) is 0 Å². The van der Waals surface area contributed by atoms with Crippen molar-refractivity contribution in [3.63, 3.8) is 0 Å². The minimum Gasteiger partial charge on any atom is -0.458 e. The molecule has 0 aromatic heterocycles. The normalized spacial score (nSPS) is 50.0. The lowest BCUT2D eigenvalue weighted by atomic mass is 9.36. The minimum absolute atomic E-state index is 0.147. The number of fused-ring (bicyclic) bond motifs is 5. The van der Waals surface area contributed by atoms with Crippen LogP contribution < -0.4 is 0 Å². The fourth-order valence-electron chi connectivity index (χ4n) is 9.87. The van der Waals surface area contributed by atoms with Crippen LogP contribution in [0.15, 0.2) is 37.0 Å². The van der Waals surface area contributed by atoms with Gasteiger partial charge in [-0.3, -0.25) is 0 Å². The quantitative estimate of drug-likeness (QED) is 0.400. The summed E-state index contributed by atoms with van der Waals surface area (Å²) in [5.74, 6) is 2.36. The van der Waals surface area contributed by atoms with Crippen molar-refractivity contribution in [2.45, 2.75) is 90.1 Å². The van der Waals surface area contributed by atoms with E-state index in [1.54, 1.807) is 6.08 Å². The topological polar surface area (TPSA) is 46.5 Å². The standard InChI is InChI=1S/C29H42O3/c1-5-11-28(31)15-14-27(4)21(18-28)7-8-24-23-10-9-22(20-17-25(30)32-19-20)26(23,3)13-16-29(24,27)12-6-2/h5-6,17,21-24,31H,1-2,7-16,18-19H2,3-4H3/t21-,22-,23?,24?,26-,27+,28+,29?/m1/s1. The van der Waals surface area contributed by atoms with Gasteiger partial charge in [0.15, 0.2) is 0 Å². The maximum Gasteiger partial charge on any atom is 0.331 e. The summed E-state index contributed by atoms with van der Waals surface area (Å²) >= 11 is 0. The summed E-state index contributed by atoms with van der Waals surface area (Å²) in [6, 6.07) is 0. The van der Waals surface area contributed by atoms with Crippen molar-refractivity contribution < 1.29 is 14.6 Å². The molecule has 4 saturated carbocycles. The molecule has 4 aliphatic carbocycles. The second-order valence-corrected chi connectivity index (χ2v) is 12.4. The Morgan fingerprint density at radius 2 is 1.78 bits per heavy atom. The Morgan fingerprint density at radius 1 is 1.03 bits per heavy atom. The smallest absolute Gasteiger partial charge is 0.331 e. The molecule has 1 heterocycles. The predicted molar refractivity (Wildman–Crippen MR) is 128 cm³/mol. The molecule has 3 unspecified atom stereocenters. The van der Waals surface area contributed by atoms with E-state index in [4.69, 9.17) is 4.74 Å². The van der Waals surface area contributed by atoms with Crippen molar-refractivity contribution in [1.29, 1.82) is 0 Å². The molecule has 0 spiro atoms. The zero-order valence-electron chi connectivity index (χ0n) is 20.2. The number of allylic oxidation sites excluding steroid dienone is 1. The number of ether oxygens (including phenoxy) is 1. The molecule has 1 N–H and O–H groups in total. The summed E-state index contributed by atoms with van der Waals surface area (Å²) in [7, 11) is 0. The monoisotopic (exact) mass is 438 g/mol. The van der Waals surface area contributed by atoms with Crippen LogP contribution in [0, 0.1) is 39.9 Å². The zero-order valence-corrected chi connectivity index (χ0v) is 20.2. The van der Waals surface area contributed by atoms with Gasteiger partial charge in [-0.1, -0.05) is 26.0 Å². The van der Waals surface area contributed by atoms with Crippen LogP contribution in [0.2, 0.25) is 0 Å². The van der Waals surface area contributed by atoms with Crippen molar-refractivity contribution in [2.75, 3.05) is 6.61 Å². The van der Waals surface area contributed by atoms with Gasteiger partial charge >= 0.3 is 5.97 Å². The number of hydrogen-bond donors (Lipinski definition) is 1. The van der Waals surface area contributed by atoms with E-state index in [0.717, 1.165) is 38.0 Å². The number of cyclic esters (lactones) is 1. The van der Waals surface area contributed by atoms with E-state index >= 15 is 0 Å². The highest BCUT2D eigenvalue weighted by molar-refractivity contribution is 5.85. The summed E-state index contributed by atoms with van der Waals surface area (Å²) in [5, 5.41) is 11.3. The van der Waals surface area contributed by atoms with E-state index in [2.05, 4.69) is 33.1 Å². The number of rotatable bonds is 5. The van der Waals surface area contributed by atoms with Crippen LogP contribution in [-0.2, 0) is 9.53 Å². The predicted octanol–water partition coefficient (Wildman–Crippen LogP) is 6.38. The fraction of sp³-hybridized carbons (Fsp3) is 0.759. The second-order valence-electron chi connectivity index (χ2n) is 12.4. The van der Waals surface area contributed by atoms with Crippen molar-refractivity contribution in [3.05, 3.63) is 37.0 Å². The molecular formula is C29H42O3. The molecule has 4 fully saturated rings. The fourth-order valence-corrected chi connectivity index (χ4v) is 9.87. The molecule has 0 amide bonds. The molecule has 1 aliphatic heterocycles. The van der Waals surface area contributed by atoms with Crippen LogP contribution in [0.25, 0.3) is 0 Å². The molecular weight excluding hydrogens is 396 g/mol. The molecule has 3 nitrogen and oxygen atoms in total. The summed E-state index contributed by atoms with van der Waals surface area (Å²) in [6.45, 7) is 13.7. The molecule has 5 aliphatic rings. The Kier molecular flexibility index (Phi) is 5.32. The van der Waals surface area contributed by atoms with Crippen LogP contribution >= 0.6 is 0 Å². The lowest BCUT2D eigenvalue weighted by Gasteiger charge is -2.68. The molecule has 32 heavy (non-hydrogen) atoms. The van der Waals surface area contributed by atoms with Gasteiger partial charge < -0.3 is 9.84 Å². The molecule has 8 atom stereocenters. The van der Waals surface area contributed by atoms with Crippen molar-refractivity contribution in [2.24, 2.45) is 39.9 Å². The van der Waals surface area contributed by atoms with Crippen LogP contribution in [0.4, 0.5) is 0 Å². The molecule has 0 aromatic carbocycles. The van der Waals surface area contributed by atoms with Crippen LogP contribution in [-0.4, -0.2) is 23.3 Å². The second kappa shape index (κ2) is 7.58. The third-order valence-electron chi connectivity index (χ3n) is 11.5. The number of aliphatic hydroxyl groups is 1. The zero-order chi connectivity index (χ0) is 22.8. The number of carbonyl (C=O) groups excluding carboxylic acids is 1. The summed E-state index contributed by atoms with van der Waals surface area (Å²) in [5.41, 5.74) is 1.53. The Hall–Kier alpha value is -1.35. The maximum absolute atomic E-state index is 11.8. The highest BCUT2D eigenvalue weighted by Crippen LogP contribution is 2.74. The molecule has 3 heteroatoms. The molecule has 0 saturated heterocycles. The van der Waals surface area contributed by atoms with E-state index in [1.165, 1.54) is 44.1 Å². The van der Waals surface area contributed by atoms with Gasteiger partial charge in [0.05, 0.1) is 5.60 Å². The average Bonchev–Trinajstić information content (AvgIpc) is 3.32. The van der Waals surface area contributed by atoms with E-state index in [0.29, 0.717) is 29.8 Å². The molecule has 5 rings (SSSR count). The third-order valence-corrected chi connectivity index (χ3v) is 11.5. The van der Waals surface area contributed by atoms with Crippen molar-refractivity contribution in [3.8, 4) is 0 Å². The van der Waals surface area contributed by atoms with Gasteiger partial charge in [-0.05, 0) is 116 Å². The average molecular weight is 439 g/mol. The van der Waals surface area contributed by atoms with Crippen molar-refractivity contribution >= 4 is 5.97 Å². The first-order valence-corrected chi connectivity index (χ1v) is 13.0. The first kappa shape index (κ1) is 22.4. The Morgan fingerprint density at radius 3 is 2.47 bits per heavy atom. The number of carbonyl (C=O) groups is 1. The van der Waals surface area contributed by atoms with Gasteiger partial charge in [0, 0.05) is 6.08 Å². The lowest BCUT2D eigenvalue weighted by molar-refractivity contribution is -0.204. The van der Waals surface area contributed by atoms with Gasteiger partial charge in [-0.15, -0.1) is 13.2 Å². The van der Waals surface area contributed by atoms with Crippen LogP contribution in [0.1, 0.15) is 84.5 Å². The molecule has 0 radical (unpaired) electrons. The first-order valence-electron chi connectivity index (χ1n) is 13.0. The summed E-state index contributed by atoms with van der Waals surface area (Å²) in [6.07, 6.45) is 18.1. The summed E-state index contributed by atoms with van der Waals surface area (Å²) in [4.78, 5) is 11.8. The van der Waals surface area contributed by atoms with E-state index in [1.807, 2.05) is 6.08 Å². The Labute approximate surface area is 194 Å². The van der Waals surface area contributed by atoms with Gasteiger partial charge in [0.2, 0.25) is 0 Å². The number of esters is 1. The van der Waals surface area contributed by atoms with E-state index in [-0.39, 0.29) is 16.8 Å². The lowest BCUT2D eigenvalue weighted by Crippen LogP contribution is -2.62. The summed E-state index contributed by atoms with van der Waals surface area (Å²) < 4.78 is 5.32. The Balaban J connectivity index is 1.48. The van der Waals surface area contributed by atoms with Gasteiger partial charge in [0.25, 0.3) is 0 Å². The SMILES string of the molecule is C=CCC12CC[C@@]3(C)C(CC[C@@H]3C3=CC(=O)OC3)C1CC[C@@H]1C[C@](O)(CC=C)CC[C@@]12C. The first-order chi connectivity index (χ1) is 15.2. The minimum atomic E-state index is -0.558. The largest absolute Gasteiger partial charge is 0.458 e.